The van der Waals surface area contributed by atoms with E-state index >= 15 is 0 Å². The average molecular weight is 314 g/mol. The second-order valence-corrected chi connectivity index (χ2v) is 5.82. The minimum absolute atomic E-state index is 0.505. The first kappa shape index (κ1) is 14.4. The van der Waals surface area contributed by atoms with E-state index in [4.69, 9.17) is 33.7 Å². The molecule has 0 aromatic heterocycles. The molecule has 0 atom stereocenters. The van der Waals surface area contributed by atoms with Crippen LogP contribution >= 0.6 is 35.0 Å². The molecular weight excluding hydrogens is 301 g/mol. The van der Waals surface area contributed by atoms with Gasteiger partial charge in [-0.3, -0.25) is 0 Å². The Bertz CT molecular complexity index is 546. The summed E-state index contributed by atoms with van der Waals surface area (Å²) in [7, 11) is 0. The molecule has 0 aliphatic heterocycles. The molecule has 0 unspecified atom stereocenters. The summed E-state index contributed by atoms with van der Waals surface area (Å²) in [5.41, 5.74) is 6.40. The van der Waals surface area contributed by atoms with Gasteiger partial charge in [0.15, 0.2) is 0 Å². The van der Waals surface area contributed by atoms with E-state index in [-0.39, 0.29) is 0 Å². The van der Waals surface area contributed by atoms with Crippen LogP contribution in [0.25, 0.3) is 0 Å². The van der Waals surface area contributed by atoms with Crippen LogP contribution in [0, 0.1) is 0 Å². The number of nitrogens with two attached hydrogens (primary N) is 1. The van der Waals surface area contributed by atoms with Crippen LogP contribution in [-0.2, 0) is 0 Å². The zero-order valence-corrected chi connectivity index (χ0v) is 12.4. The van der Waals surface area contributed by atoms with Gasteiger partial charge >= 0.3 is 0 Å². The van der Waals surface area contributed by atoms with Crippen LogP contribution < -0.4 is 10.5 Å². The van der Waals surface area contributed by atoms with Crippen molar-refractivity contribution in [3.05, 3.63) is 52.5 Å². The van der Waals surface area contributed by atoms with Crippen LogP contribution in [0.4, 0.5) is 5.69 Å². The van der Waals surface area contributed by atoms with E-state index in [2.05, 4.69) is 0 Å². The van der Waals surface area contributed by atoms with Gasteiger partial charge in [0.2, 0.25) is 0 Å². The molecule has 2 aromatic rings. The first-order chi connectivity index (χ1) is 9.15. The van der Waals surface area contributed by atoms with Crippen LogP contribution in [0.3, 0.4) is 0 Å². The van der Waals surface area contributed by atoms with E-state index in [1.54, 1.807) is 23.9 Å². The van der Waals surface area contributed by atoms with Gasteiger partial charge in [-0.05, 0) is 36.4 Å². The van der Waals surface area contributed by atoms with Gasteiger partial charge in [0.1, 0.15) is 5.75 Å². The normalized spacial score (nSPS) is 10.4. The van der Waals surface area contributed by atoms with Crippen LogP contribution in [0.1, 0.15) is 0 Å². The molecule has 0 radical (unpaired) electrons. The number of nitrogen functional groups attached to an aromatic ring is 1. The summed E-state index contributed by atoms with van der Waals surface area (Å²) in [6.07, 6.45) is 0. The lowest BCUT2D eigenvalue weighted by molar-refractivity contribution is 0.344. The molecule has 0 amide bonds. The summed E-state index contributed by atoms with van der Waals surface area (Å²) in [6.45, 7) is 0.604. The lowest BCUT2D eigenvalue weighted by atomic mass is 10.3. The number of rotatable bonds is 5. The number of ether oxygens (including phenoxy) is 1. The predicted molar refractivity (Wildman–Crippen MR) is 83.5 cm³/mol. The standard InChI is InChI=1S/C14H13Cl2NOS/c15-13-6-3-11(9-14(13)16)18-7-8-19-12-4-1-10(17)2-5-12/h1-6,9H,7-8,17H2. The first-order valence-corrected chi connectivity index (χ1v) is 7.45. The highest BCUT2D eigenvalue weighted by molar-refractivity contribution is 7.99. The van der Waals surface area contributed by atoms with Gasteiger partial charge in [-0.25, -0.2) is 0 Å². The fourth-order valence-corrected chi connectivity index (χ4v) is 2.47. The van der Waals surface area contributed by atoms with Crippen molar-refractivity contribution in [3.63, 3.8) is 0 Å². The molecule has 0 aliphatic carbocycles. The smallest absolute Gasteiger partial charge is 0.120 e. The number of thioether (sulfide) groups is 1. The van der Waals surface area contributed by atoms with E-state index in [0.717, 1.165) is 17.2 Å². The van der Waals surface area contributed by atoms with E-state index in [1.807, 2.05) is 30.3 Å². The minimum atomic E-state index is 0.505. The van der Waals surface area contributed by atoms with Crippen LogP contribution in [0.15, 0.2) is 47.4 Å². The molecule has 5 heteroatoms. The maximum atomic E-state index is 5.91. The Hall–Kier alpha value is -1.03. The molecule has 0 fully saturated rings. The van der Waals surface area contributed by atoms with Gasteiger partial charge in [0.25, 0.3) is 0 Å². The van der Waals surface area contributed by atoms with Gasteiger partial charge in [0, 0.05) is 22.4 Å². The van der Waals surface area contributed by atoms with Crippen molar-refractivity contribution in [1.29, 1.82) is 0 Å². The summed E-state index contributed by atoms with van der Waals surface area (Å²) in [5.74, 6) is 1.58. The van der Waals surface area contributed by atoms with Gasteiger partial charge in [-0.2, -0.15) is 0 Å². The molecule has 0 saturated heterocycles. The molecule has 2 nitrogen and oxygen atoms in total. The second kappa shape index (κ2) is 6.94. The fraction of sp³-hybridized carbons (Fsp3) is 0.143. The molecule has 0 aliphatic rings. The number of hydrogen-bond donors (Lipinski definition) is 1. The molecule has 0 spiro atoms. The maximum absolute atomic E-state index is 5.91. The van der Waals surface area contributed by atoms with Crippen LogP contribution in [0.5, 0.6) is 5.75 Å². The molecule has 0 saturated carbocycles. The minimum Gasteiger partial charge on any atom is -0.493 e. The highest BCUT2D eigenvalue weighted by Crippen LogP contribution is 2.26. The molecule has 0 bridgehead atoms. The SMILES string of the molecule is Nc1ccc(SCCOc2ccc(Cl)c(Cl)c2)cc1. The Kier molecular flexibility index (Phi) is 5.25. The summed E-state index contributed by atoms with van der Waals surface area (Å²) in [6, 6.07) is 13.0. The molecule has 2 rings (SSSR count). The van der Waals surface area contributed by atoms with Crippen LogP contribution in [0.2, 0.25) is 10.0 Å². The van der Waals surface area contributed by atoms with Crippen LogP contribution in [-0.4, -0.2) is 12.4 Å². The molecule has 0 heterocycles. The predicted octanol–water partition coefficient (Wildman–Crippen LogP) is 4.75. The summed E-state index contributed by atoms with van der Waals surface area (Å²) >= 11 is 13.5. The number of hydrogen-bond acceptors (Lipinski definition) is 3. The molecular formula is C14H13Cl2NOS. The molecule has 2 aromatic carbocycles. The third-order valence-electron chi connectivity index (χ3n) is 2.39. The Morgan fingerprint density at radius 2 is 1.74 bits per heavy atom. The lowest BCUT2D eigenvalue weighted by Gasteiger charge is -2.07. The average Bonchev–Trinajstić information content (AvgIpc) is 2.41. The van der Waals surface area contributed by atoms with E-state index in [1.165, 1.54) is 4.90 Å². The zero-order chi connectivity index (χ0) is 13.7. The Balaban J connectivity index is 1.77. The van der Waals surface area contributed by atoms with Gasteiger partial charge in [0.05, 0.1) is 16.7 Å². The highest BCUT2D eigenvalue weighted by atomic mass is 35.5. The number of anilines is 1. The van der Waals surface area contributed by atoms with E-state index in [9.17, 15) is 0 Å². The van der Waals surface area contributed by atoms with Crippen molar-refractivity contribution < 1.29 is 4.74 Å². The van der Waals surface area contributed by atoms with Gasteiger partial charge in [-0.1, -0.05) is 23.2 Å². The molecule has 100 valence electrons. The van der Waals surface area contributed by atoms with Crippen molar-refractivity contribution in [2.24, 2.45) is 0 Å². The van der Waals surface area contributed by atoms with Crippen molar-refractivity contribution in [2.45, 2.75) is 4.90 Å². The van der Waals surface area contributed by atoms with Crippen molar-refractivity contribution in [1.82, 2.24) is 0 Å². The maximum Gasteiger partial charge on any atom is 0.120 e. The first-order valence-electron chi connectivity index (χ1n) is 5.71. The van der Waals surface area contributed by atoms with Crippen molar-refractivity contribution >= 4 is 40.7 Å². The van der Waals surface area contributed by atoms with E-state index in [0.29, 0.717) is 16.7 Å². The number of halogens is 2. The summed E-state index contributed by atoms with van der Waals surface area (Å²) < 4.78 is 5.60. The monoisotopic (exact) mass is 313 g/mol. The third-order valence-corrected chi connectivity index (χ3v) is 4.11. The quantitative estimate of drug-likeness (QED) is 0.491. The summed E-state index contributed by atoms with van der Waals surface area (Å²) in [4.78, 5) is 1.17. The largest absolute Gasteiger partial charge is 0.493 e. The second-order valence-electron chi connectivity index (χ2n) is 3.84. The topological polar surface area (TPSA) is 35.2 Å². The van der Waals surface area contributed by atoms with E-state index < -0.39 is 0 Å². The molecule has 2 N–H and O–H groups in total. The van der Waals surface area contributed by atoms with Crippen molar-refractivity contribution in [2.75, 3.05) is 18.1 Å². The van der Waals surface area contributed by atoms with Gasteiger partial charge in [-0.15, -0.1) is 11.8 Å². The fourth-order valence-electron chi connectivity index (χ4n) is 1.45. The third kappa shape index (κ3) is 4.53. The Morgan fingerprint density at radius 1 is 1.00 bits per heavy atom. The Labute approximate surface area is 126 Å². The number of benzene rings is 2. The Morgan fingerprint density at radius 3 is 2.42 bits per heavy atom. The molecule has 19 heavy (non-hydrogen) atoms. The highest BCUT2D eigenvalue weighted by Gasteiger charge is 2.00. The lowest BCUT2D eigenvalue weighted by Crippen LogP contribution is -1.99. The van der Waals surface area contributed by atoms with Gasteiger partial charge < -0.3 is 10.5 Å². The zero-order valence-electron chi connectivity index (χ0n) is 10.1. The summed E-state index contributed by atoms with van der Waals surface area (Å²) in [5, 5.41) is 1.04. The van der Waals surface area contributed by atoms with Crippen molar-refractivity contribution in [3.8, 4) is 5.75 Å².